The monoisotopic (exact) mass is 703 g/mol. The van der Waals surface area contributed by atoms with Crippen molar-refractivity contribution in [1.82, 2.24) is 9.97 Å². The molecule has 0 radical (unpaired) electrons. The van der Waals surface area contributed by atoms with Crippen molar-refractivity contribution in [2.75, 3.05) is 0 Å². The first kappa shape index (κ1) is 41.5. The molecule has 0 aliphatic heterocycles. The van der Waals surface area contributed by atoms with E-state index in [0.717, 1.165) is 17.0 Å². The molecule has 0 aliphatic carbocycles. The molecule has 11 nitrogen and oxygen atoms in total. The summed E-state index contributed by atoms with van der Waals surface area (Å²) in [5, 5.41) is 26.8. The van der Waals surface area contributed by atoms with E-state index in [1.54, 1.807) is 66.1 Å². The highest BCUT2D eigenvalue weighted by Gasteiger charge is 2.32. The molecule has 3 aromatic heterocycles. The van der Waals surface area contributed by atoms with Gasteiger partial charge in [-0.3, -0.25) is 15.2 Å². The van der Waals surface area contributed by atoms with Gasteiger partial charge in [0.25, 0.3) is 0 Å². The molecular formula is C33H47N6O5S3+. The van der Waals surface area contributed by atoms with Crippen LogP contribution in [0.2, 0.25) is 0 Å². The molecule has 3 rings (SSSR count). The van der Waals surface area contributed by atoms with Crippen LogP contribution in [-0.4, -0.2) is 46.3 Å². The molecule has 0 spiro atoms. The lowest BCUT2D eigenvalue weighted by Crippen LogP contribution is -2.39. The molecule has 0 fully saturated rings. The van der Waals surface area contributed by atoms with Crippen molar-refractivity contribution in [2.24, 2.45) is 5.73 Å². The molecule has 0 aromatic carbocycles. The Balaban J connectivity index is 0.000000354. The summed E-state index contributed by atoms with van der Waals surface area (Å²) < 4.78 is 47.0. The maximum absolute atomic E-state index is 11.9. The Morgan fingerprint density at radius 2 is 1.28 bits per heavy atom. The van der Waals surface area contributed by atoms with Gasteiger partial charge in [0.05, 0.1) is 32.2 Å². The quantitative estimate of drug-likeness (QED) is 0.248. The molecule has 14 heteroatoms. The van der Waals surface area contributed by atoms with Crippen molar-refractivity contribution in [3.63, 3.8) is 0 Å². The lowest BCUT2D eigenvalue weighted by molar-refractivity contribution is -0.909. The Morgan fingerprint density at radius 3 is 1.68 bits per heavy atom. The van der Waals surface area contributed by atoms with Crippen molar-refractivity contribution in [1.29, 1.82) is 10.5 Å². The summed E-state index contributed by atoms with van der Waals surface area (Å²) in [5.74, 6) is 0.606. The van der Waals surface area contributed by atoms with Crippen LogP contribution >= 0.6 is 11.8 Å². The molecule has 0 unspecified atom stereocenters. The summed E-state index contributed by atoms with van der Waals surface area (Å²) in [6, 6.07) is 14.1. The van der Waals surface area contributed by atoms with E-state index in [1.165, 1.54) is 18.3 Å². The lowest BCUT2D eigenvalue weighted by Gasteiger charge is -2.18. The second kappa shape index (κ2) is 17.0. The second-order valence-corrected chi connectivity index (χ2v) is 20.8. The van der Waals surface area contributed by atoms with Gasteiger partial charge < -0.3 is 5.73 Å². The highest BCUT2D eigenvalue weighted by molar-refractivity contribution is 7.99. The molecular weight excluding hydrogens is 657 g/mol. The summed E-state index contributed by atoms with van der Waals surface area (Å²) in [4.78, 5) is 8.30. The fourth-order valence-corrected chi connectivity index (χ4v) is 5.85. The zero-order valence-corrected chi connectivity index (χ0v) is 31.1. The van der Waals surface area contributed by atoms with Gasteiger partial charge in [-0.1, -0.05) is 26.8 Å². The first-order valence-corrected chi connectivity index (χ1v) is 18.9. The zero-order chi connectivity index (χ0) is 36.3. The Bertz CT molecular complexity index is 1760. The van der Waals surface area contributed by atoms with E-state index in [-0.39, 0.29) is 27.5 Å². The van der Waals surface area contributed by atoms with Gasteiger partial charge >= 0.3 is 0 Å². The molecule has 0 bridgehead atoms. The third-order valence-corrected chi connectivity index (χ3v) is 12.8. The summed E-state index contributed by atoms with van der Waals surface area (Å²) in [5.41, 5.74) is 9.05. The first-order valence-electron chi connectivity index (χ1n) is 14.7. The highest BCUT2D eigenvalue weighted by atomic mass is 32.2. The highest BCUT2D eigenvalue weighted by Crippen LogP contribution is 2.26. The number of aromatic nitrogens is 3. The standard InChI is InChI=1S/C11H15N2O3S.C11H18N2O2S.C11H14N2S/c1-11(2,3)17(15,16)8-10-5-4-9(6-12)7-13(10)14;1-11(2,3)16(14,15)8-10-5-4-9(6-12)7-13-10;1-11(2,3)14-8-10-5-4-9(6-12)7-13-10/h4-5,7,14H,8H2,1-3H3;4-5,7H,6,8,12H2,1-3H3;4-5,7H,8H2,1-3H3/q+1;;. The van der Waals surface area contributed by atoms with Gasteiger partial charge in [0.15, 0.2) is 19.7 Å². The Labute approximate surface area is 284 Å². The molecule has 3 heterocycles. The average molecular weight is 704 g/mol. The van der Waals surface area contributed by atoms with E-state index in [4.69, 9.17) is 16.3 Å². The smallest absolute Gasteiger partial charge is 0.249 e. The van der Waals surface area contributed by atoms with Crippen LogP contribution in [-0.2, 0) is 43.5 Å². The number of hydrogen-bond donors (Lipinski definition) is 2. The van der Waals surface area contributed by atoms with Gasteiger partial charge in [0.2, 0.25) is 11.9 Å². The van der Waals surface area contributed by atoms with Crippen LogP contribution in [0.25, 0.3) is 0 Å². The van der Waals surface area contributed by atoms with Crippen molar-refractivity contribution >= 4 is 31.4 Å². The third kappa shape index (κ3) is 14.4. The minimum atomic E-state index is -3.36. The number of thioether (sulfide) groups is 1. The molecule has 0 saturated heterocycles. The van der Waals surface area contributed by atoms with Crippen LogP contribution in [0.4, 0.5) is 0 Å². The molecule has 0 atom stereocenters. The second-order valence-electron chi connectivity index (χ2n) is 13.5. The minimum Gasteiger partial charge on any atom is -0.326 e. The number of nitrogens with zero attached hydrogens (tertiary/aromatic N) is 5. The molecule has 47 heavy (non-hydrogen) atoms. The van der Waals surface area contributed by atoms with Crippen LogP contribution in [0, 0.1) is 22.7 Å². The van der Waals surface area contributed by atoms with E-state index >= 15 is 0 Å². The number of sulfone groups is 2. The summed E-state index contributed by atoms with van der Waals surface area (Å²) in [7, 11) is -6.52. The minimum absolute atomic E-state index is 0.0264. The fourth-order valence-electron chi connectivity index (χ4n) is 3.05. The van der Waals surface area contributed by atoms with Crippen LogP contribution in [0.1, 0.15) is 96.1 Å². The molecule has 0 aliphatic rings. The Morgan fingerprint density at radius 1 is 0.766 bits per heavy atom. The number of nitrogens with two attached hydrogens (primary N) is 1. The van der Waals surface area contributed by atoms with Crippen LogP contribution in [0.15, 0.2) is 55.0 Å². The molecule has 256 valence electrons. The fraction of sp³-hybridized carbons (Fsp3) is 0.485. The molecule has 0 amide bonds. The van der Waals surface area contributed by atoms with Crippen molar-refractivity contribution < 1.29 is 26.8 Å². The van der Waals surface area contributed by atoms with Gasteiger partial charge in [-0.2, -0.15) is 10.5 Å². The molecule has 0 saturated carbocycles. The van der Waals surface area contributed by atoms with E-state index in [0.29, 0.717) is 22.5 Å². The van der Waals surface area contributed by atoms with Crippen molar-refractivity contribution in [2.45, 2.75) is 100 Å². The maximum Gasteiger partial charge on any atom is 0.249 e. The first-order chi connectivity index (χ1) is 21.4. The number of hydrogen-bond acceptors (Lipinski definition) is 11. The molecule has 3 N–H and O–H groups in total. The van der Waals surface area contributed by atoms with E-state index in [2.05, 4.69) is 36.8 Å². The molecule has 3 aromatic rings. The normalized spacial score (nSPS) is 12.0. The van der Waals surface area contributed by atoms with Gasteiger partial charge in [0.1, 0.15) is 23.5 Å². The summed E-state index contributed by atoms with van der Waals surface area (Å²) in [6.45, 7) is 16.8. The third-order valence-electron chi connectivity index (χ3n) is 6.41. The topological polar surface area (TPSA) is 192 Å². The number of pyridine rings is 3. The largest absolute Gasteiger partial charge is 0.326 e. The van der Waals surface area contributed by atoms with Gasteiger partial charge in [-0.25, -0.2) is 16.8 Å². The number of nitriles is 2. The predicted octanol–water partition coefficient (Wildman–Crippen LogP) is 5.03. The SMILES string of the molecule is CC(C)(C)S(=O)(=O)Cc1ccc(C#N)c[n+]1O.CC(C)(C)S(=O)(=O)Cc1ccc(CN)cn1.CC(C)(C)SCc1ccc(C#N)cn1. The van der Waals surface area contributed by atoms with Crippen LogP contribution < -0.4 is 10.5 Å². The van der Waals surface area contributed by atoms with Crippen LogP contribution in [0.3, 0.4) is 0 Å². The summed E-state index contributed by atoms with van der Waals surface area (Å²) >= 11 is 1.85. The average Bonchev–Trinajstić information content (AvgIpc) is 2.96. The lowest BCUT2D eigenvalue weighted by atomic mass is 10.2. The van der Waals surface area contributed by atoms with Crippen molar-refractivity contribution in [3.8, 4) is 12.1 Å². The van der Waals surface area contributed by atoms with Gasteiger partial charge in [-0.15, -0.1) is 11.8 Å². The van der Waals surface area contributed by atoms with E-state index < -0.39 is 29.2 Å². The van der Waals surface area contributed by atoms with E-state index in [9.17, 15) is 22.0 Å². The van der Waals surface area contributed by atoms with Gasteiger partial charge in [0, 0.05) is 40.2 Å². The predicted molar refractivity (Wildman–Crippen MR) is 185 cm³/mol. The van der Waals surface area contributed by atoms with Gasteiger partial charge in [-0.05, 0) is 71.4 Å². The summed E-state index contributed by atoms with van der Waals surface area (Å²) in [6.07, 6.45) is 4.43. The van der Waals surface area contributed by atoms with Crippen molar-refractivity contribution in [3.05, 3.63) is 88.8 Å². The van der Waals surface area contributed by atoms with Crippen LogP contribution in [0.5, 0.6) is 0 Å². The zero-order valence-electron chi connectivity index (χ0n) is 28.6. The maximum atomic E-state index is 11.9. The number of rotatable bonds is 7. The Hall–Kier alpha value is -3.56. The van der Waals surface area contributed by atoms with E-state index in [1.807, 2.05) is 30.0 Å². The Kier molecular flexibility index (Phi) is 15.0.